The van der Waals surface area contributed by atoms with E-state index in [1.807, 2.05) is 0 Å². The van der Waals surface area contributed by atoms with E-state index < -0.39 is 0 Å². The highest BCUT2D eigenvalue weighted by molar-refractivity contribution is 5.83. The van der Waals surface area contributed by atoms with E-state index in [1.54, 1.807) is 7.11 Å². The molecular formula is C15H30N2O3. The number of carbonyl (C=O) groups is 1. The molecule has 118 valence electrons. The number of hydrogen-bond acceptors (Lipinski definition) is 4. The zero-order valence-electron chi connectivity index (χ0n) is 13.2. The molecule has 1 fully saturated rings. The van der Waals surface area contributed by atoms with Gasteiger partial charge in [0.1, 0.15) is 0 Å². The van der Waals surface area contributed by atoms with E-state index in [0.29, 0.717) is 19.1 Å². The minimum absolute atomic E-state index is 0.206. The van der Waals surface area contributed by atoms with E-state index in [4.69, 9.17) is 9.47 Å². The lowest BCUT2D eigenvalue weighted by Crippen LogP contribution is -2.46. The molecule has 0 spiro atoms. The topological polar surface area (TPSA) is 59.6 Å². The Balaban J connectivity index is 2.13. The van der Waals surface area contributed by atoms with Crippen LogP contribution in [0.5, 0.6) is 0 Å². The van der Waals surface area contributed by atoms with Gasteiger partial charge in [-0.05, 0) is 31.7 Å². The Bertz CT molecular complexity index is 276. The summed E-state index contributed by atoms with van der Waals surface area (Å²) in [5.41, 5.74) is -0.213. The fraction of sp³-hybridized carbons (Fsp3) is 0.933. The normalized spacial score (nSPS) is 22.4. The summed E-state index contributed by atoms with van der Waals surface area (Å²) in [4.78, 5) is 12.4. The zero-order valence-corrected chi connectivity index (χ0v) is 13.2. The van der Waals surface area contributed by atoms with Crippen LogP contribution in [0.3, 0.4) is 0 Å². The maximum atomic E-state index is 12.4. The highest BCUT2D eigenvalue weighted by Crippen LogP contribution is 2.34. The molecule has 1 amide bonds. The van der Waals surface area contributed by atoms with Crippen molar-refractivity contribution in [1.82, 2.24) is 10.6 Å². The molecule has 1 unspecified atom stereocenters. The largest absolute Gasteiger partial charge is 0.382 e. The van der Waals surface area contributed by atoms with E-state index >= 15 is 0 Å². The molecule has 1 aliphatic rings. The van der Waals surface area contributed by atoms with E-state index in [-0.39, 0.29) is 11.3 Å². The van der Waals surface area contributed by atoms with Crippen molar-refractivity contribution in [2.75, 3.05) is 46.6 Å². The second-order valence-electron chi connectivity index (χ2n) is 5.81. The lowest BCUT2D eigenvalue weighted by atomic mass is 9.75. The van der Waals surface area contributed by atoms with Crippen molar-refractivity contribution >= 4 is 5.91 Å². The number of methoxy groups -OCH3 is 1. The summed E-state index contributed by atoms with van der Waals surface area (Å²) in [6.07, 6.45) is 2.87. The number of nitrogens with one attached hydrogen (secondary N) is 2. The van der Waals surface area contributed by atoms with E-state index in [1.165, 1.54) is 0 Å². The Morgan fingerprint density at radius 2 is 2.10 bits per heavy atom. The van der Waals surface area contributed by atoms with Gasteiger partial charge in [-0.3, -0.25) is 4.79 Å². The highest BCUT2D eigenvalue weighted by atomic mass is 16.5. The molecule has 0 saturated carbocycles. The van der Waals surface area contributed by atoms with Gasteiger partial charge in [-0.25, -0.2) is 0 Å². The van der Waals surface area contributed by atoms with Crippen molar-refractivity contribution in [3.8, 4) is 0 Å². The molecule has 1 saturated heterocycles. The van der Waals surface area contributed by atoms with Gasteiger partial charge in [0.2, 0.25) is 5.91 Å². The third-order valence-corrected chi connectivity index (χ3v) is 4.18. The average molecular weight is 286 g/mol. The van der Waals surface area contributed by atoms with Crippen molar-refractivity contribution in [2.24, 2.45) is 11.3 Å². The maximum Gasteiger partial charge on any atom is 0.227 e. The van der Waals surface area contributed by atoms with Crippen LogP contribution in [0, 0.1) is 11.3 Å². The molecule has 1 atom stereocenters. The predicted molar refractivity (Wildman–Crippen MR) is 79.7 cm³/mol. The Morgan fingerprint density at radius 1 is 1.30 bits per heavy atom. The van der Waals surface area contributed by atoms with Crippen molar-refractivity contribution in [3.05, 3.63) is 0 Å². The lowest BCUT2D eigenvalue weighted by Gasteiger charge is -2.31. The van der Waals surface area contributed by atoms with Crippen LogP contribution in [0.4, 0.5) is 0 Å². The fourth-order valence-corrected chi connectivity index (χ4v) is 2.61. The molecule has 1 rings (SSSR count). The SMILES string of the molecule is COCCOCCCCNC(=O)C1(C(C)C)CCNC1. The fourth-order valence-electron chi connectivity index (χ4n) is 2.61. The van der Waals surface area contributed by atoms with Gasteiger partial charge in [0.15, 0.2) is 0 Å². The molecule has 2 N–H and O–H groups in total. The number of unbranched alkanes of at least 4 members (excludes halogenated alkanes) is 1. The zero-order chi connectivity index (χ0) is 14.8. The summed E-state index contributed by atoms with van der Waals surface area (Å²) < 4.78 is 10.3. The van der Waals surface area contributed by atoms with Crippen LogP contribution in [0.25, 0.3) is 0 Å². The summed E-state index contributed by atoms with van der Waals surface area (Å²) in [5, 5.41) is 6.40. The minimum atomic E-state index is -0.213. The van der Waals surface area contributed by atoms with Gasteiger partial charge >= 0.3 is 0 Å². The van der Waals surface area contributed by atoms with Gasteiger partial charge in [0, 0.05) is 26.8 Å². The summed E-state index contributed by atoms with van der Waals surface area (Å²) in [5.74, 6) is 0.577. The molecule has 1 heterocycles. The molecule has 0 aromatic rings. The van der Waals surface area contributed by atoms with Gasteiger partial charge in [-0.1, -0.05) is 13.8 Å². The number of hydrogen-bond donors (Lipinski definition) is 2. The van der Waals surface area contributed by atoms with Gasteiger partial charge in [-0.15, -0.1) is 0 Å². The Kier molecular flexibility index (Phi) is 8.11. The first-order chi connectivity index (χ1) is 9.63. The Morgan fingerprint density at radius 3 is 2.70 bits per heavy atom. The summed E-state index contributed by atoms with van der Waals surface area (Å²) >= 11 is 0. The number of rotatable bonds is 10. The second-order valence-corrected chi connectivity index (χ2v) is 5.81. The molecule has 5 heteroatoms. The monoisotopic (exact) mass is 286 g/mol. The van der Waals surface area contributed by atoms with Crippen LogP contribution in [0.15, 0.2) is 0 Å². The predicted octanol–water partition coefficient (Wildman–Crippen LogP) is 1.18. The van der Waals surface area contributed by atoms with E-state index in [2.05, 4.69) is 24.5 Å². The van der Waals surface area contributed by atoms with E-state index in [0.717, 1.165) is 45.5 Å². The van der Waals surface area contributed by atoms with Crippen molar-refractivity contribution in [3.63, 3.8) is 0 Å². The number of amides is 1. The number of carbonyl (C=O) groups excluding carboxylic acids is 1. The van der Waals surface area contributed by atoms with Crippen molar-refractivity contribution in [2.45, 2.75) is 33.1 Å². The molecule has 0 bridgehead atoms. The van der Waals surface area contributed by atoms with Crippen LogP contribution in [-0.2, 0) is 14.3 Å². The molecule has 0 aromatic heterocycles. The molecule has 0 aliphatic carbocycles. The van der Waals surface area contributed by atoms with Crippen LogP contribution >= 0.6 is 0 Å². The second kappa shape index (κ2) is 9.32. The standard InChI is InChI=1S/C15H30N2O3/c1-13(2)15(6-8-16-12-15)14(18)17-7-4-5-9-20-11-10-19-3/h13,16H,4-12H2,1-3H3,(H,17,18). The molecule has 5 nitrogen and oxygen atoms in total. The maximum absolute atomic E-state index is 12.4. The minimum Gasteiger partial charge on any atom is -0.382 e. The molecule has 1 aliphatic heterocycles. The third-order valence-electron chi connectivity index (χ3n) is 4.18. The van der Waals surface area contributed by atoms with Crippen LogP contribution in [-0.4, -0.2) is 52.5 Å². The third kappa shape index (κ3) is 5.04. The van der Waals surface area contributed by atoms with Gasteiger partial charge in [0.05, 0.1) is 18.6 Å². The van der Waals surface area contributed by atoms with Gasteiger partial charge in [-0.2, -0.15) is 0 Å². The lowest BCUT2D eigenvalue weighted by molar-refractivity contribution is -0.132. The molecule has 20 heavy (non-hydrogen) atoms. The van der Waals surface area contributed by atoms with Gasteiger partial charge in [0.25, 0.3) is 0 Å². The number of ether oxygens (including phenoxy) is 2. The average Bonchev–Trinajstić information content (AvgIpc) is 2.92. The summed E-state index contributed by atoms with van der Waals surface area (Å²) in [6, 6.07) is 0. The quantitative estimate of drug-likeness (QED) is 0.592. The first-order valence-electron chi connectivity index (χ1n) is 7.69. The van der Waals surface area contributed by atoms with Crippen LogP contribution in [0.1, 0.15) is 33.1 Å². The molecule has 0 aromatic carbocycles. The first-order valence-corrected chi connectivity index (χ1v) is 7.69. The summed E-state index contributed by atoms with van der Waals surface area (Å²) in [7, 11) is 1.67. The molecule has 0 radical (unpaired) electrons. The van der Waals surface area contributed by atoms with E-state index in [9.17, 15) is 4.79 Å². The molecular weight excluding hydrogens is 256 g/mol. The highest BCUT2D eigenvalue weighted by Gasteiger charge is 2.43. The summed E-state index contributed by atoms with van der Waals surface area (Å²) in [6.45, 7) is 8.77. The van der Waals surface area contributed by atoms with Crippen molar-refractivity contribution in [1.29, 1.82) is 0 Å². The van der Waals surface area contributed by atoms with Crippen LogP contribution < -0.4 is 10.6 Å². The van der Waals surface area contributed by atoms with Crippen molar-refractivity contribution < 1.29 is 14.3 Å². The first kappa shape index (κ1) is 17.4. The van der Waals surface area contributed by atoms with Crippen LogP contribution in [0.2, 0.25) is 0 Å². The smallest absolute Gasteiger partial charge is 0.227 e. The Hall–Kier alpha value is -0.650. The van der Waals surface area contributed by atoms with Gasteiger partial charge < -0.3 is 20.1 Å². The Labute approximate surface area is 122 Å².